The molecule has 0 aromatic heterocycles. The summed E-state index contributed by atoms with van der Waals surface area (Å²) in [5.74, 6) is -1.27. The van der Waals surface area contributed by atoms with E-state index in [0.717, 1.165) is 5.56 Å². The summed E-state index contributed by atoms with van der Waals surface area (Å²) in [5.41, 5.74) is 1.58. The van der Waals surface area contributed by atoms with E-state index >= 15 is 0 Å². The number of amides is 1. The molecule has 0 heterocycles. The van der Waals surface area contributed by atoms with Crippen LogP contribution in [-0.4, -0.2) is 25.1 Å². The summed E-state index contributed by atoms with van der Waals surface area (Å²) in [7, 11) is 0. The van der Waals surface area contributed by atoms with Gasteiger partial charge in [-0.3, -0.25) is 4.79 Å². The number of hydrogen-bond acceptors (Lipinski definition) is 5. The minimum atomic E-state index is -0.780. The largest absolute Gasteiger partial charge is 0.489 e. The summed E-state index contributed by atoms with van der Waals surface area (Å²) in [5, 5.41) is 2.61. The molecule has 0 aliphatic heterocycles. The van der Waals surface area contributed by atoms with Gasteiger partial charge in [0.05, 0.1) is 0 Å². The zero-order chi connectivity index (χ0) is 21.2. The molecule has 0 aliphatic rings. The van der Waals surface area contributed by atoms with Crippen molar-refractivity contribution in [3.05, 3.63) is 90.2 Å². The third kappa shape index (κ3) is 6.63. The average molecular weight is 409 g/mol. The van der Waals surface area contributed by atoms with Crippen molar-refractivity contribution in [2.45, 2.75) is 6.61 Å². The number of hydrogen-bond donors (Lipinski definition) is 1. The second-order valence-corrected chi connectivity index (χ2v) is 6.23. The van der Waals surface area contributed by atoms with Gasteiger partial charge in [-0.25, -0.2) is 9.18 Å². The maximum Gasteiger partial charge on any atom is 0.344 e. The van der Waals surface area contributed by atoms with Gasteiger partial charge in [0.1, 0.15) is 12.4 Å². The minimum absolute atomic E-state index is 0.0616. The van der Waals surface area contributed by atoms with Crippen LogP contribution < -0.4 is 14.8 Å². The Balaban J connectivity index is 1.38. The fourth-order valence-corrected chi connectivity index (χ4v) is 2.46. The van der Waals surface area contributed by atoms with Crippen molar-refractivity contribution in [1.82, 2.24) is 0 Å². The van der Waals surface area contributed by atoms with E-state index in [0.29, 0.717) is 18.0 Å². The smallest absolute Gasteiger partial charge is 0.344 e. The quantitative estimate of drug-likeness (QED) is 0.542. The molecule has 30 heavy (non-hydrogen) atoms. The third-order valence-corrected chi connectivity index (χ3v) is 3.93. The average Bonchev–Trinajstić information content (AvgIpc) is 2.77. The van der Waals surface area contributed by atoms with Gasteiger partial charge in [0, 0.05) is 5.69 Å². The fourth-order valence-electron chi connectivity index (χ4n) is 2.46. The van der Waals surface area contributed by atoms with Crippen LogP contribution >= 0.6 is 0 Å². The lowest BCUT2D eigenvalue weighted by molar-refractivity contribution is -0.149. The number of carbonyl (C=O) groups excluding carboxylic acids is 2. The SMILES string of the molecule is O=C(COC(=O)COc1ccccc1F)Nc1ccc(OCc2ccccc2)cc1. The van der Waals surface area contributed by atoms with Crippen molar-refractivity contribution < 1.29 is 28.2 Å². The zero-order valence-corrected chi connectivity index (χ0v) is 16.0. The Morgan fingerprint density at radius 2 is 1.50 bits per heavy atom. The number of anilines is 1. The van der Waals surface area contributed by atoms with Crippen molar-refractivity contribution in [2.75, 3.05) is 18.5 Å². The lowest BCUT2D eigenvalue weighted by Gasteiger charge is -2.09. The van der Waals surface area contributed by atoms with E-state index in [1.165, 1.54) is 18.2 Å². The van der Waals surface area contributed by atoms with Gasteiger partial charge < -0.3 is 19.5 Å². The molecule has 3 aromatic rings. The monoisotopic (exact) mass is 409 g/mol. The van der Waals surface area contributed by atoms with E-state index in [2.05, 4.69) is 5.32 Å². The van der Waals surface area contributed by atoms with Gasteiger partial charge in [0.25, 0.3) is 5.91 Å². The van der Waals surface area contributed by atoms with Crippen LogP contribution in [0.3, 0.4) is 0 Å². The van der Waals surface area contributed by atoms with Crippen molar-refractivity contribution in [3.63, 3.8) is 0 Å². The van der Waals surface area contributed by atoms with Crippen molar-refractivity contribution in [1.29, 1.82) is 0 Å². The molecule has 1 N–H and O–H groups in total. The standard InChI is InChI=1S/C23H20FNO5/c24-20-8-4-5-9-21(20)29-16-23(27)30-15-22(26)25-18-10-12-19(13-11-18)28-14-17-6-2-1-3-7-17/h1-13H,14-16H2,(H,25,26). The zero-order valence-electron chi connectivity index (χ0n) is 16.0. The van der Waals surface area contributed by atoms with Crippen LogP contribution in [0.1, 0.15) is 5.56 Å². The highest BCUT2D eigenvalue weighted by Crippen LogP contribution is 2.17. The highest BCUT2D eigenvalue weighted by atomic mass is 19.1. The highest BCUT2D eigenvalue weighted by Gasteiger charge is 2.10. The van der Waals surface area contributed by atoms with Gasteiger partial charge in [-0.2, -0.15) is 0 Å². The fraction of sp³-hybridized carbons (Fsp3) is 0.130. The van der Waals surface area contributed by atoms with Gasteiger partial charge in [-0.15, -0.1) is 0 Å². The molecule has 3 rings (SSSR count). The second kappa shape index (κ2) is 10.6. The number of halogens is 1. The normalized spacial score (nSPS) is 10.2. The first-order valence-corrected chi connectivity index (χ1v) is 9.20. The van der Waals surface area contributed by atoms with E-state index in [1.54, 1.807) is 30.3 Å². The van der Waals surface area contributed by atoms with Crippen LogP contribution in [0.15, 0.2) is 78.9 Å². The van der Waals surface area contributed by atoms with Crippen molar-refractivity contribution in [3.8, 4) is 11.5 Å². The Hall–Kier alpha value is -3.87. The predicted octanol–water partition coefficient (Wildman–Crippen LogP) is 3.97. The van der Waals surface area contributed by atoms with E-state index in [-0.39, 0.29) is 5.75 Å². The molecule has 7 heteroatoms. The maximum atomic E-state index is 13.4. The molecule has 3 aromatic carbocycles. The summed E-state index contributed by atoms with van der Waals surface area (Å²) in [6.45, 7) is -0.537. The topological polar surface area (TPSA) is 73.9 Å². The first-order valence-electron chi connectivity index (χ1n) is 9.20. The summed E-state index contributed by atoms with van der Waals surface area (Å²) in [6.07, 6.45) is 0. The molecule has 0 radical (unpaired) electrons. The number of ether oxygens (including phenoxy) is 3. The molecule has 1 amide bonds. The number of benzene rings is 3. The van der Waals surface area contributed by atoms with Crippen LogP contribution in [0.2, 0.25) is 0 Å². The minimum Gasteiger partial charge on any atom is -0.489 e. The number of esters is 1. The van der Waals surface area contributed by atoms with Crippen molar-refractivity contribution in [2.24, 2.45) is 0 Å². The van der Waals surface area contributed by atoms with Crippen LogP contribution in [0, 0.1) is 5.82 Å². The van der Waals surface area contributed by atoms with Gasteiger partial charge in [0.2, 0.25) is 0 Å². The summed E-state index contributed by atoms with van der Waals surface area (Å²) < 4.78 is 28.9. The van der Waals surface area contributed by atoms with Crippen LogP contribution in [0.25, 0.3) is 0 Å². The molecule has 6 nitrogen and oxygen atoms in total. The molecule has 0 saturated carbocycles. The Morgan fingerprint density at radius 3 is 2.23 bits per heavy atom. The van der Waals surface area contributed by atoms with Gasteiger partial charge in [0.15, 0.2) is 24.8 Å². The first-order chi connectivity index (χ1) is 14.6. The molecule has 0 fully saturated rings. The van der Waals surface area contributed by atoms with E-state index in [9.17, 15) is 14.0 Å². The summed E-state index contributed by atoms with van der Waals surface area (Å²) in [6, 6.07) is 22.3. The molecular weight excluding hydrogens is 389 g/mol. The Bertz CT molecular complexity index is 976. The first kappa shape index (κ1) is 20.9. The van der Waals surface area contributed by atoms with Crippen molar-refractivity contribution >= 4 is 17.6 Å². The Morgan fingerprint density at radius 1 is 0.800 bits per heavy atom. The van der Waals surface area contributed by atoms with Crippen LogP contribution in [0.5, 0.6) is 11.5 Å². The number of nitrogens with one attached hydrogen (secondary N) is 1. The summed E-state index contributed by atoms with van der Waals surface area (Å²) in [4.78, 5) is 23.6. The predicted molar refractivity (Wildman–Crippen MR) is 109 cm³/mol. The van der Waals surface area contributed by atoms with E-state index in [1.807, 2.05) is 30.3 Å². The molecule has 0 saturated heterocycles. The molecule has 0 spiro atoms. The lowest BCUT2D eigenvalue weighted by atomic mass is 10.2. The highest BCUT2D eigenvalue weighted by molar-refractivity contribution is 5.92. The van der Waals surface area contributed by atoms with Gasteiger partial charge >= 0.3 is 5.97 Å². The molecule has 154 valence electrons. The summed E-state index contributed by atoms with van der Waals surface area (Å²) >= 11 is 0. The Labute approximate surface area is 173 Å². The van der Waals surface area contributed by atoms with Gasteiger partial charge in [-0.1, -0.05) is 42.5 Å². The van der Waals surface area contributed by atoms with E-state index < -0.39 is 30.9 Å². The van der Waals surface area contributed by atoms with Crippen LogP contribution in [0.4, 0.5) is 10.1 Å². The number of carbonyl (C=O) groups is 2. The maximum absolute atomic E-state index is 13.4. The third-order valence-electron chi connectivity index (χ3n) is 3.93. The molecule has 0 atom stereocenters. The molecule has 0 bridgehead atoms. The molecular formula is C23H20FNO5. The number of rotatable bonds is 9. The molecule has 0 unspecified atom stereocenters. The van der Waals surface area contributed by atoms with E-state index in [4.69, 9.17) is 14.2 Å². The van der Waals surface area contributed by atoms with Gasteiger partial charge in [-0.05, 0) is 42.0 Å². The lowest BCUT2D eigenvalue weighted by Crippen LogP contribution is -2.23. The second-order valence-electron chi connectivity index (χ2n) is 6.23. The van der Waals surface area contributed by atoms with Crippen LogP contribution in [-0.2, 0) is 20.9 Å². The Kier molecular flexibility index (Phi) is 7.38. The molecule has 0 aliphatic carbocycles. The number of para-hydroxylation sites is 1.